The van der Waals surface area contributed by atoms with E-state index in [1.807, 2.05) is 6.26 Å². The van der Waals surface area contributed by atoms with E-state index in [2.05, 4.69) is 15.4 Å². The molecule has 0 unspecified atom stereocenters. The van der Waals surface area contributed by atoms with Crippen LogP contribution in [0.3, 0.4) is 0 Å². The van der Waals surface area contributed by atoms with Gasteiger partial charge in [0.15, 0.2) is 0 Å². The minimum absolute atomic E-state index is 0.0651. The number of alkyl halides is 3. The van der Waals surface area contributed by atoms with E-state index >= 15 is 0 Å². The number of halogens is 3. The number of hydrogen-bond donors (Lipinski definition) is 2. The van der Waals surface area contributed by atoms with Crippen LogP contribution in [-0.4, -0.2) is 37.2 Å². The van der Waals surface area contributed by atoms with Gasteiger partial charge in [0, 0.05) is 6.54 Å². The molecule has 0 radical (unpaired) electrons. The van der Waals surface area contributed by atoms with Crippen molar-refractivity contribution in [2.45, 2.75) is 25.2 Å². The van der Waals surface area contributed by atoms with Crippen molar-refractivity contribution >= 4 is 23.8 Å². The lowest BCUT2D eigenvalue weighted by Gasteiger charge is -2.17. The highest BCUT2D eigenvalue weighted by Crippen LogP contribution is 2.29. The number of thioether (sulfide) groups is 1. The molecule has 134 valence electrons. The maximum Gasteiger partial charge on any atom is 0.416 e. The second kappa shape index (κ2) is 9.41. The molecule has 0 fully saturated rings. The van der Waals surface area contributed by atoms with Crippen LogP contribution in [0.5, 0.6) is 0 Å². The van der Waals surface area contributed by atoms with E-state index in [4.69, 9.17) is 0 Å². The molecular formula is C15H19F3N2O3S. The van der Waals surface area contributed by atoms with E-state index in [-0.39, 0.29) is 6.54 Å². The molecule has 2 N–H and O–H groups in total. The monoisotopic (exact) mass is 364 g/mol. The summed E-state index contributed by atoms with van der Waals surface area (Å²) in [5.74, 6) is 0.233. The molecular weight excluding hydrogens is 345 g/mol. The minimum atomic E-state index is -4.39. The van der Waals surface area contributed by atoms with Crippen molar-refractivity contribution in [1.29, 1.82) is 0 Å². The fourth-order valence-corrected chi connectivity index (χ4v) is 2.30. The third-order valence-corrected chi connectivity index (χ3v) is 3.80. The van der Waals surface area contributed by atoms with Crippen LogP contribution in [0.25, 0.3) is 0 Å². The fourth-order valence-electron chi connectivity index (χ4n) is 1.83. The van der Waals surface area contributed by atoms with Crippen molar-refractivity contribution in [3.8, 4) is 0 Å². The van der Waals surface area contributed by atoms with Gasteiger partial charge in [0.05, 0.1) is 12.7 Å². The Balaban J connectivity index is 2.62. The third kappa shape index (κ3) is 6.69. The van der Waals surface area contributed by atoms with Crippen LogP contribution in [0.2, 0.25) is 0 Å². The molecule has 0 saturated heterocycles. The van der Waals surface area contributed by atoms with Gasteiger partial charge in [0.2, 0.25) is 5.91 Å². The average Bonchev–Trinajstić information content (AvgIpc) is 2.55. The van der Waals surface area contributed by atoms with Crippen LogP contribution in [0.15, 0.2) is 24.3 Å². The molecule has 0 aliphatic carbocycles. The van der Waals surface area contributed by atoms with Gasteiger partial charge in [-0.05, 0) is 36.1 Å². The van der Waals surface area contributed by atoms with Crippen molar-refractivity contribution in [2.24, 2.45) is 0 Å². The maximum atomic E-state index is 12.5. The van der Waals surface area contributed by atoms with Gasteiger partial charge in [-0.15, -0.1) is 0 Å². The maximum absolute atomic E-state index is 12.5. The van der Waals surface area contributed by atoms with Crippen molar-refractivity contribution in [3.63, 3.8) is 0 Å². The molecule has 1 aromatic rings. The first kappa shape index (κ1) is 20.1. The predicted molar refractivity (Wildman–Crippen MR) is 85.6 cm³/mol. The number of hydrogen-bond acceptors (Lipinski definition) is 4. The lowest BCUT2D eigenvalue weighted by atomic mass is 10.1. The summed E-state index contributed by atoms with van der Waals surface area (Å²) < 4.78 is 41.9. The summed E-state index contributed by atoms with van der Waals surface area (Å²) >= 11 is 1.52. The summed E-state index contributed by atoms with van der Waals surface area (Å²) in [5.41, 5.74) is -0.221. The first-order valence-electron chi connectivity index (χ1n) is 7.05. The highest BCUT2D eigenvalue weighted by molar-refractivity contribution is 7.98. The Hall–Kier alpha value is -1.90. The summed E-state index contributed by atoms with van der Waals surface area (Å²) in [6.45, 7) is 0.0651. The smallest absolute Gasteiger partial charge is 0.416 e. The Bertz CT molecular complexity index is 550. The van der Waals surface area contributed by atoms with E-state index in [0.29, 0.717) is 17.7 Å². The number of methoxy groups -OCH3 is 1. The Kier molecular flexibility index (Phi) is 7.90. The van der Waals surface area contributed by atoms with E-state index in [9.17, 15) is 22.8 Å². The molecule has 1 atom stereocenters. The quantitative estimate of drug-likeness (QED) is 0.781. The fraction of sp³-hybridized carbons (Fsp3) is 0.467. The van der Waals surface area contributed by atoms with Gasteiger partial charge in [-0.1, -0.05) is 12.1 Å². The molecule has 24 heavy (non-hydrogen) atoms. The number of carbonyl (C=O) groups excluding carboxylic acids is 2. The summed E-state index contributed by atoms with van der Waals surface area (Å²) in [4.78, 5) is 23.4. The van der Waals surface area contributed by atoms with Crippen molar-refractivity contribution < 1.29 is 27.5 Å². The molecule has 1 aromatic carbocycles. The normalized spacial score (nSPS) is 12.4. The molecule has 0 heterocycles. The lowest BCUT2D eigenvalue weighted by molar-refractivity contribution is -0.137. The lowest BCUT2D eigenvalue weighted by Crippen LogP contribution is -2.46. The molecule has 1 rings (SSSR count). The minimum Gasteiger partial charge on any atom is -0.453 e. The van der Waals surface area contributed by atoms with Gasteiger partial charge < -0.3 is 15.4 Å². The Labute approximate surface area is 142 Å². The van der Waals surface area contributed by atoms with Crippen LogP contribution >= 0.6 is 11.8 Å². The zero-order valence-electron chi connectivity index (χ0n) is 13.3. The van der Waals surface area contributed by atoms with E-state index in [1.165, 1.54) is 31.0 Å². The second-order valence-corrected chi connectivity index (χ2v) is 5.87. The third-order valence-electron chi connectivity index (χ3n) is 3.15. The molecule has 0 spiro atoms. The topological polar surface area (TPSA) is 67.4 Å². The van der Waals surface area contributed by atoms with Crippen molar-refractivity contribution in [1.82, 2.24) is 10.6 Å². The van der Waals surface area contributed by atoms with E-state index in [0.717, 1.165) is 12.1 Å². The molecule has 2 amide bonds. The van der Waals surface area contributed by atoms with E-state index in [1.54, 1.807) is 0 Å². The van der Waals surface area contributed by atoms with Crippen LogP contribution in [0, 0.1) is 0 Å². The van der Waals surface area contributed by atoms with E-state index < -0.39 is 29.8 Å². The molecule has 5 nitrogen and oxygen atoms in total. The first-order valence-corrected chi connectivity index (χ1v) is 8.44. The zero-order chi connectivity index (χ0) is 18.2. The summed E-state index contributed by atoms with van der Waals surface area (Å²) in [5, 5.41) is 5.03. The largest absolute Gasteiger partial charge is 0.453 e. The number of nitrogens with one attached hydrogen (secondary N) is 2. The predicted octanol–water partition coefficient (Wildman–Crippen LogP) is 2.80. The van der Waals surface area contributed by atoms with Crippen LogP contribution in [-0.2, 0) is 22.3 Å². The molecule has 0 bridgehead atoms. The first-order chi connectivity index (χ1) is 11.3. The summed E-state index contributed by atoms with van der Waals surface area (Å²) in [7, 11) is 1.20. The molecule has 9 heteroatoms. The Morgan fingerprint density at radius 1 is 1.25 bits per heavy atom. The standard InChI is InChI=1S/C15H19F3N2O3S/c1-23-14(22)20-12(7-8-24-2)13(21)19-9-10-3-5-11(6-4-10)15(16,17)18/h3-6,12H,7-9H2,1-2H3,(H,19,21)(H,20,22)/t12-/m0/s1. The zero-order valence-corrected chi connectivity index (χ0v) is 14.1. The van der Waals surface area contributed by atoms with Crippen LogP contribution in [0.4, 0.5) is 18.0 Å². The Morgan fingerprint density at radius 3 is 2.38 bits per heavy atom. The number of benzene rings is 1. The number of rotatable bonds is 7. The average molecular weight is 364 g/mol. The van der Waals surface area contributed by atoms with Gasteiger partial charge in [-0.2, -0.15) is 24.9 Å². The van der Waals surface area contributed by atoms with Gasteiger partial charge in [-0.25, -0.2) is 4.79 Å². The van der Waals surface area contributed by atoms with Crippen LogP contribution < -0.4 is 10.6 Å². The number of amides is 2. The van der Waals surface area contributed by atoms with Gasteiger partial charge >= 0.3 is 12.3 Å². The summed E-state index contributed by atoms with van der Waals surface area (Å²) in [6, 6.07) is 3.75. The Morgan fingerprint density at radius 2 is 1.88 bits per heavy atom. The summed E-state index contributed by atoms with van der Waals surface area (Å²) in [6.07, 6.45) is -2.83. The molecule has 0 aliphatic heterocycles. The van der Waals surface area contributed by atoms with Crippen molar-refractivity contribution in [3.05, 3.63) is 35.4 Å². The number of alkyl carbamates (subject to hydrolysis) is 1. The van der Waals surface area contributed by atoms with Crippen LogP contribution in [0.1, 0.15) is 17.5 Å². The number of carbonyl (C=O) groups is 2. The van der Waals surface area contributed by atoms with Crippen molar-refractivity contribution in [2.75, 3.05) is 19.1 Å². The SMILES string of the molecule is COC(=O)N[C@@H](CCSC)C(=O)NCc1ccc(C(F)(F)F)cc1. The van der Waals surface area contributed by atoms with Gasteiger partial charge in [0.25, 0.3) is 0 Å². The van der Waals surface area contributed by atoms with Gasteiger partial charge in [-0.3, -0.25) is 4.79 Å². The molecule has 0 aromatic heterocycles. The highest BCUT2D eigenvalue weighted by atomic mass is 32.2. The molecule has 0 saturated carbocycles. The number of ether oxygens (including phenoxy) is 1. The van der Waals surface area contributed by atoms with Gasteiger partial charge in [0.1, 0.15) is 6.04 Å². The second-order valence-electron chi connectivity index (χ2n) is 4.88. The molecule has 0 aliphatic rings. The highest BCUT2D eigenvalue weighted by Gasteiger charge is 2.30.